The molecule has 3 rings (SSSR count). The first-order chi connectivity index (χ1) is 14.4. The van der Waals surface area contributed by atoms with E-state index in [-0.39, 0.29) is 6.61 Å². The lowest BCUT2D eigenvalue weighted by molar-refractivity contribution is 0.0458. The molecular formula is C22H28N4O4. The van der Waals surface area contributed by atoms with Crippen LogP contribution in [0.4, 0.5) is 0 Å². The van der Waals surface area contributed by atoms with E-state index in [2.05, 4.69) is 9.97 Å². The molecule has 3 aromatic rings. The van der Waals surface area contributed by atoms with Gasteiger partial charge in [-0.05, 0) is 49.9 Å². The van der Waals surface area contributed by atoms with Gasteiger partial charge in [-0.2, -0.15) is 0 Å². The van der Waals surface area contributed by atoms with Gasteiger partial charge in [0, 0.05) is 13.1 Å². The predicted octanol–water partition coefficient (Wildman–Crippen LogP) is 3.07. The van der Waals surface area contributed by atoms with Crippen LogP contribution in [0.3, 0.4) is 0 Å². The number of imidazole rings is 1. The molecule has 2 heterocycles. The lowest BCUT2D eigenvalue weighted by atomic mass is 10.1. The minimum absolute atomic E-state index is 0.0815. The van der Waals surface area contributed by atoms with Gasteiger partial charge < -0.3 is 9.30 Å². The molecule has 0 spiro atoms. The minimum Gasteiger partial charge on any atom is -0.454 e. The number of nitrogens with one attached hydrogen (secondary N) is 1. The molecule has 0 radical (unpaired) electrons. The highest BCUT2D eigenvalue weighted by molar-refractivity contribution is 5.89. The summed E-state index contributed by atoms with van der Waals surface area (Å²) in [6.07, 6.45) is 2.46. The molecule has 30 heavy (non-hydrogen) atoms. The minimum atomic E-state index is -0.476. The van der Waals surface area contributed by atoms with E-state index in [0.717, 1.165) is 30.4 Å². The first kappa shape index (κ1) is 21.5. The average molecular weight is 412 g/mol. The van der Waals surface area contributed by atoms with Gasteiger partial charge in [-0.15, -0.1) is 0 Å². The number of carbonyl (C=O) groups is 1. The summed E-state index contributed by atoms with van der Waals surface area (Å²) < 4.78 is 8.72. The summed E-state index contributed by atoms with van der Waals surface area (Å²) in [4.78, 5) is 44.3. The fourth-order valence-electron chi connectivity index (χ4n) is 3.40. The lowest BCUT2D eigenvalue weighted by Gasteiger charge is -2.09. The van der Waals surface area contributed by atoms with Gasteiger partial charge in [0.05, 0.1) is 5.56 Å². The second-order valence-corrected chi connectivity index (χ2v) is 7.49. The van der Waals surface area contributed by atoms with Gasteiger partial charge in [-0.1, -0.05) is 26.3 Å². The van der Waals surface area contributed by atoms with Gasteiger partial charge >= 0.3 is 11.7 Å². The zero-order valence-corrected chi connectivity index (χ0v) is 17.9. The molecule has 1 aromatic carbocycles. The molecule has 0 aliphatic carbocycles. The van der Waals surface area contributed by atoms with Crippen LogP contribution in [-0.2, 0) is 24.4 Å². The zero-order chi connectivity index (χ0) is 21.8. The topological polar surface area (TPSA) is 99.0 Å². The van der Waals surface area contributed by atoms with E-state index in [1.807, 2.05) is 33.8 Å². The highest BCUT2D eigenvalue weighted by atomic mass is 16.5. The zero-order valence-electron chi connectivity index (χ0n) is 17.9. The lowest BCUT2D eigenvalue weighted by Crippen LogP contribution is -2.31. The molecule has 0 unspecified atom stereocenters. The molecule has 8 nitrogen and oxygen atoms in total. The number of aromatic nitrogens is 4. The highest BCUT2D eigenvalue weighted by Crippen LogP contribution is 2.16. The van der Waals surface area contributed by atoms with Crippen LogP contribution in [0.1, 0.15) is 60.4 Å². The fraction of sp³-hybridized carbons (Fsp3) is 0.455. The molecule has 0 saturated heterocycles. The number of esters is 1. The molecule has 1 N–H and O–H groups in total. The number of aryl methyl sites for hydroxylation is 4. The van der Waals surface area contributed by atoms with E-state index in [1.165, 1.54) is 4.57 Å². The summed E-state index contributed by atoms with van der Waals surface area (Å²) in [6, 6.07) is 5.40. The van der Waals surface area contributed by atoms with Crippen molar-refractivity contribution in [2.24, 2.45) is 0 Å². The number of hydrogen-bond acceptors (Lipinski definition) is 5. The highest BCUT2D eigenvalue weighted by Gasteiger charge is 2.19. The van der Waals surface area contributed by atoms with Gasteiger partial charge in [0.1, 0.15) is 12.4 Å². The molecule has 160 valence electrons. The fourth-order valence-corrected chi connectivity index (χ4v) is 3.40. The summed E-state index contributed by atoms with van der Waals surface area (Å²) in [5.41, 5.74) is 2.30. The number of aromatic amines is 1. The van der Waals surface area contributed by atoms with Crippen LogP contribution >= 0.6 is 0 Å². The molecule has 0 atom stereocenters. The van der Waals surface area contributed by atoms with Gasteiger partial charge in [0.25, 0.3) is 5.56 Å². The Morgan fingerprint density at radius 2 is 1.83 bits per heavy atom. The molecular weight excluding hydrogens is 384 g/mol. The molecule has 0 amide bonds. The van der Waals surface area contributed by atoms with Gasteiger partial charge in [0.15, 0.2) is 11.2 Å². The van der Waals surface area contributed by atoms with Crippen LogP contribution in [0.5, 0.6) is 0 Å². The van der Waals surface area contributed by atoms with Crippen LogP contribution in [-0.4, -0.2) is 25.1 Å². The summed E-state index contributed by atoms with van der Waals surface area (Å²) in [6.45, 7) is 8.85. The van der Waals surface area contributed by atoms with Crippen molar-refractivity contribution in [3.8, 4) is 0 Å². The molecule has 0 aliphatic heterocycles. The summed E-state index contributed by atoms with van der Waals surface area (Å²) in [5, 5.41) is 0. The van der Waals surface area contributed by atoms with Crippen molar-refractivity contribution in [2.45, 2.75) is 66.7 Å². The Balaban J connectivity index is 1.98. The quantitative estimate of drug-likeness (QED) is 0.573. The monoisotopic (exact) mass is 412 g/mol. The van der Waals surface area contributed by atoms with E-state index in [0.29, 0.717) is 35.6 Å². The Morgan fingerprint density at radius 1 is 1.07 bits per heavy atom. The maximum Gasteiger partial charge on any atom is 0.338 e. The number of H-pyrrole nitrogens is 1. The van der Waals surface area contributed by atoms with E-state index in [9.17, 15) is 14.4 Å². The Labute approximate surface area is 174 Å². The van der Waals surface area contributed by atoms with E-state index in [4.69, 9.17) is 4.74 Å². The van der Waals surface area contributed by atoms with Gasteiger partial charge in [-0.25, -0.2) is 14.6 Å². The summed E-state index contributed by atoms with van der Waals surface area (Å²) in [5.74, 6) is -0.00382. The Kier molecular flexibility index (Phi) is 6.54. The normalized spacial score (nSPS) is 11.2. The second kappa shape index (κ2) is 9.11. The molecule has 0 fully saturated rings. The van der Waals surface area contributed by atoms with E-state index in [1.54, 1.807) is 16.7 Å². The summed E-state index contributed by atoms with van der Waals surface area (Å²) in [7, 11) is 0. The Morgan fingerprint density at radius 3 is 2.50 bits per heavy atom. The Bertz CT molecular complexity index is 1190. The number of unbranched alkanes of at least 4 members (excludes halogenated alkanes) is 1. The molecule has 0 bridgehead atoms. The molecule has 0 saturated carbocycles. The van der Waals surface area contributed by atoms with Gasteiger partial charge in [-0.3, -0.25) is 14.3 Å². The first-order valence-corrected chi connectivity index (χ1v) is 10.3. The van der Waals surface area contributed by atoms with E-state index >= 15 is 0 Å². The average Bonchev–Trinajstić information content (AvgIpc) is 3.07. The number of hydrogen-bond donors (Lipinski definition) is 1. The third-order valence-electron chi connectivity index (χ3n) is 5.22. The third-order valence-corrected chi connectivity index (χ3v) is 5.22. The van der Waals surface area contributed by atoms with Crippen LogP contribution in [0.25, 0.3) is 11.2 Å². The number of benzene rings is 1. The largest absolute Gasteiger partial charge is 0.454 e. The van der Waals surface area contributed by atoms with Crippen molar-refractivity contribution in [1.82, 2.24) is 19.1 Å². The standard InChI is InChI=1S/C22H28N4O4/c1-5-7-11-26-19-18(20(27)24-22(26)29)25(10-6-2)17(23-19)13-30-21(28)16-9-8-14(3)15(4)12-16/h8-9,12H,5-7,10-11,13H2,1-4H3,(H,24,27,29). The number of ether oxygens (including phenoxy) is 1. The van der Waals surface area contributed by atoms with Crippen molar-refractivity contribution in [3.05, 3.63) is 61.6 Å². The van der Waals surface area contributed by atoms with Crippen molar-refractivity contribution in [3.63, 3.8) is 0 Å². The predicted molar refractivity (Wildman–Crippen MR) is 115 cm³/mol. The smallest absolute Gasteiger partial charge is 0.338 e. The maximum atomic E-state index is 12.5. The maximum absolute atomic E-state index is 12.5. The second-order valence-electron chi connectivity index (χ2n) is 7.49. The molecule has 8 heteroatoms. The first-order valence-electron chi connectivity index (χ1n) is 10.3. The van der Waals surface area contributed by atoms with Crippen LogP contribution in [0.15, 0.2) is 27.8 Å². The number of nitrogens with zero attached hydrogens (tertiary/aromatic N) is 3. The summed E-state index contributed by atoms with van der Waals surface area (Å²) >= 11 is 0. The van der Waals surface area contributed by atoms with E-state index < -0.39 is 17.2 Å². The molecule has 2 aromatic heterocycles. The molecule has 0 aliphatic rings. The van der Waals surface area contributed by atoms with Crippen molar-refractivity contribution >= 4 is 17.1 Å². The van der Waals surface area contributed by atoms with Crippen LogP contribution in [0, 0.1) is 13.8 Å². The van der Waals surface area contributed by atoms with Crippen LogP contribution in [0.2, 0.25) is 0 Å². The van der Waals surface area contributed by atoms with Crippen LogP contribution < -0.4 is 11.2 Å². The van der Waals surface area contributed by atoms with Gasteiger partial charge in [0.2, 0.25) is 0 Å². The number of fused-ring (bicyclic) bond motifs is 1. The number of carbonyl (C=O) groups excluding carboxylic acids is 1. The Hall–Kier alpha value is -3.16. The van der Waals surface area contributed by atoms with Crippen molar-refractivity contribution in [1.29, 1.82) is 0 Å². The van der Waals surface area contributed by atoms with Crippen molar-refractivity contribution < 1.29 is 9.53 Å². The number of rotatable bonds is 8. The van der Waals surface area contributed by atoms with Crippen molar-refractivity contribution in [2.75, 3.05) is 0 Å². The third kappa shape index (κ3) is 4.22. The SMILES string of the molecule is CCCCn1c(=O)[nH]c(=O)c2c1nc(COC(=O)c1ccc(C)c(C)c1)n2CCC.